The summed E-state index contributed by atoms with van der Waals surface area (Å²) in [5.74, 6) is -9.96. The van der Waals surface area contributed by atoms with Crippen molar-refractivity contribution in [3.8, 4) is 11.5 Å². The van der Waals surface area contributed by atoms with Crippen molar-refractivity contribution < 1.29 is 60.0 Å². The molecule has 9 N–H and O–H groups in total. The highest BCUT2D eigenvalue weighted by molar-refractivity contribution is 6.31. The van der Waals surface area contributed by atoms with E-state index in [-0.39, 0.29) is 16.7 Å². The largest absolute Gasteiger partial charge is 0.507 e. The smallest absolute Gasteiger partial charge is 0.254 e. The van der Waals surface area contributed by atoms with Crippen molar-refractivity contribution >= 4 is 23.3 Å². The zero-order valence-corrected chi connectivity index (χ0v) is 27.7. The third kappa shape index (κ3) is 7.36. The maximum absolute atomic E-state index is 13.8. The lowest BCUT2D eigenvalue weighted by atomic mass is 9.76. The molecule has 0 radical (unpaired) electrons. The lowest BCUT2D eigenvalue weighted by molar-refractivity contribution is -0.117. The van der Waals surface area contributed by atoms with Gasteiger partial charge in [0.1, 0.15) is 11.5 Å². The molecule has 262 valence electrons. The van der Waals surface area contributed by atoms with Crippen LogP contribution in [0, 0.1) is 36.5 Å². The molecule has 0 saturated heterocycles. The first-order chi connectivity index (χ1) is 22.4. The fourth-order valence-electron chi connectivity index (χ4n) is 6.18. The molecule has 2 heterocycles. The van der Waals surface area contributed by atoms with E-state index in [0.717, 1.165) is 6.08 Å². The molecule has 2 aliphatic heterocycles. The molecule has 0 spiro atoms. The van der Waals surface area contributed by atoms with Crippen LogP contribution in [0.2, 0.25) is 0 Å². The van der Waals surface area contributed by atoms with Crippen LogP contribution in [0.4, 0.5) is 0 Å². The molecule has 3 aliphatic rings. The van der Waals surface area contributed by atoms with Crippen molar-refractivity contribution in [3.05, 3.63) is 69.5 Å². The van der Waals surface area contributed by atoms with E-state index in [0.29, 0.717) is 0 Å². The van der Waals surface area contributed by atoms with Crippen LogP contribution in [0.3, 0.4) is 0 Å². The molecule has 1 aromatic carbocycles. The Kier molecular flexibility index (Phi) is 12.4. The maximum atomic E-state index is 13.8. The number of Topliss-reactive ketones (excluding diaryl/α,β-unsaturated/α-hetero) is 2. The predicted molar refractivity (Wildman–Crippen MR) is 173 cm³/mol. The number of phenolic OH excluding ortho intramolecular Hbond substituents is 2. The van der Waals surface area contributed by atoms with E-state index in [1.165, 1.54) is 52.0 Å². The third-order valence-corrected chi connectivity index (χ3v) is 9.57. The van der Waals surface area contributed by atoms with Crippen molar-refractivity contribution in [2.24, 2.45) is 29.6 Å². The number of hydrogen-bond acceptors (Lipinski definition) is 12. The van der Waals surface area contributed by atoms with E-state index in [9.17, 15) is 60.0 Å². The van der Waals surface area contributed by atoms with Crippen molar-refractivity contribution in [1.82, 2.24) is 5.32 Å². The summed E-state index contributed by atoms with van der Waals surface area (Å²) in [6.45, 7) is 7.26. The lowest BCUT2D eigenvalue weighted by Gasteiger charge is -2.37. The number of carbonyl (C=O) groups excluding carboxylic acids is 4. The average molecular weight is 672 g/mol. The molecule has 13 heteroatoms. The maximum Gasteiger partial charge on any atom is 0.254 e. The molecule has 4 rings (SSSR count). The van der Waals surface area contributed by atoms with Crippen molar-refractivity contribution in [3.63, 3.8) is 0 Å². The standard InChI is InChI=1S/C35H45NO12/c1-14-8-7-9-20(12-37)35(48)36-22-11-23(39)24-25(32(45)19(6)33(46)26(24)34(22)47)28(41)15(2)10-21(13-38)31(44)18(5)30(43)17(4)29(42)16(3)27(14)40/h7-11,14,16-18,21,27,29-31,37-38,40,42-46H,12-13H2,1-6H3,(H,36,48)/b8-7+,15-10+,20-9-/t14-,16+,17+,18-,21?,27-,29+,30+,31+/m0/s1. The number of nitrogens with one attached hydrogen (secondary N) is 1. The Morgan fingerprint density at radius 3 is 1.79 bits per heavy atom. The van der Waals surface area contributed by atoms with Crippen LogP contribution in [0.25, 0.3) is 0 Å². The molecular formula is C35H45NO12. The fraction of sp³-hybridized carbons (Fsp3) is 0.486. The number of allylic oxidation sites excluding steroid dienone is 5. The molecule has 1 unspecified atom stereocenters. The zero-order chi connectivity index (χ0) is 36.4. The van der Waals surface area contributed by atoms with Crippen LogP contribution in [0.5, 0.6) is 11.5 Å². The van der Waals surface area contributed by atoms with Crippen LogP contribution >= 0.6 is 0 Å². The first kappa shape index (κ1) is 38.5. The summed E-state index contributed by atoms with van der Waals surface area (Å²) < 4.78 is 0. The number of aliphatic hydroxyl groups is 6. The van der Waals surface area contributed by atoms with Gasteiger partial charge in [0, 0.05) is 46.8 Å². The average Bonchev–Trinajstić information content (AvgIpc) is 3.06. The molecule has 0 saturated carbocycles. The Morgan fingerprint density at radius 1 is 0.729 bits per heavy atom. The third-order valence-electron chi connectivity index (χ3n) is 9.57. The van der Waals surface area contributed by atoms with Gasteiger partial charge in [-0.25, -0.2) is 0 Å². The molecule has 1 amide bonds. The number of phenols is 2. The van der Waals surface area contributed by atoms with Gasteiger partial charge in [-0.3, -0.25) is 19.2 Å². The van der Waals surface area contributed by atoms with E-state index in [2.05, 4.69) is 5.32 Å². The molecule has 48 heavy (non-hydrogen) atoms. The number of aromatic hydroxyl groups is 2. The molecule has 0 fully saturated rings. The highest BCUT2D eigenvalue weighted by atomic mass is 16.3. The number of amides is 1. The highest BCUT2D eigenvalue weighted by Crippen LogP contribution is 2.41. The summed E-state index contributed by atoms with van der Waals surface area (Å²) in [6.07, 6.45) is 0.837. The van der Waals surface area contributed by atoms with Gasteiger partial charge < -0.3 is 46.2 Å². The fourth-order valence-corrected chi connectivity index (χ4v) is 6.18. The van der Waals surface area contributed by atoms with E-state index < -0.39 is 124 Å². The second-order valence-corrected chi connectivity index (χ2v) is 12.8. The summed E-state index contributed by atoms with van der Waals surface area (Å²) in [6, 6.07) is 0. The van der Waals surface area contributed by atoms with Gasteiger partial charge in [0.2, 0.25) is 5.78 Å². The predicted octanol–water partition coefficient (Wildman–Crippen LogP) is 0.999. The number of rotatable bonds is 2. The summed E-state index contributed by atoms with van der Waals surface area (Å²) in [7, 11) is 0. The van der Waals surface area contributed by atoms with E-state index in [1.54, 1.807) is 13.8 Å². The number of fused-ring (bicyclic) bond motifs is 15. The zero-order valence-electron chi connectivity index (χ0n) is 27.7. The summed E-state index contributed by atoms with van der Waals surface area (Å²) in [4.78, 5) is 53.8. The van der Waals surface area contributed by atoms with Gasteiger partial charge in [0.05, 0.1) is 60.0 Å². The van der Waals surface area contributed by atoms with Crippen LogP contribution in [-0.2, 0) is 4.79 Å². The van der Waals surface area contributed by atoms with Gasteiger partial charge in [-0.05, 0) is 19.4 Å². The number of ketones is 3. The molecule has 9 atom stereocenters. The minimum Gasteiger partial charge on any atom is -0.507 e. The molecule has 1 aliphatic carbocycles. The topological polar surface area (TPSA) is 242 Å². The molecule has 13 nitrogen and oxygen atoms in total. The van der Waals surface area contributed by atoms with Crippen LogP contribution in [0.15, 0.2) is 47.2 Å². The van der Waals surface area contributed by atoms with Gasteiger partial charge in [-0.15, -0.1) is 0 Å². The van der Waals surface area contributed by atoms with Gasteiger partial charge in [0.25, 0.3) is 5.91 Å². The van der Waals surface area contributed by atoms with E-state index >= 15 is 0 Å². The number of carbonyl (C=O) groups is 4. The van der Waals surface area contributed by atoms with Crippen LogP contribution < -0.4 is 5.32 Å². The second-order valence-electron chi connectivity index (χ2n) is 12.8. The van der Waals surface area contributed by atoms with Crippen LogP contribution in [-0.4, -0.2) is 102 Å². The molecule has 4 bridgehead atoms. The van der Waals surface area contributed by atoms with Crippen molar-refractivity contribution in [2.75, 3.05) is 13.2 Å². The molecular weight excluding hydrogens is 626 g/mol. The molecule has 1 aromatic rings. The van der Waals surface area contributed by atoms with Gasteiger partial charge in [-0.1, -0.05) is 52.0 Å². The quantitative estimate of drug-likeness (QED) is 0.214. The Bertz CT molecular complexity index is 1590. The number of benzene rings is 1. The van der Waals surface area contributed by atoms with Gasteiger partial charge in [0.15, 0.2) is 11.6 Å². The van der Waals surface area contributed by atoms with Crippen molar-refractivity contribution in [2.45, 2.75) is 66.0 Å². The number of aliphatic hydroxyl groups excluding tert-OH is 6. The summed E-state index contributed by atoms with van der Waals surface area (Å²) in [5, 5.41) is 88.4. The summed E-state index contributed by atoms with van der Waals surface area (Å²) >= 11 is 0. The Labute approximate surface area is 278 Å². The van der Waals surface area contributed by atoms with Crippen molar-refractivity contribution in [1.29, 1.82) is 0 Å². The second kappa shape index (κ2) is 15.5. The minimum atomic E-state index is -1.46. The Morgan fingerprint density at radius 2 is 1.25 bits per heavy atom. The molecule has 0 aromatic heterocycles. The van der Waals surface area contributed by atoms with E-state index in [4.69, 9.17) is 0 Å². The van der Waals surface area contributed by atoms with Crippen LogP contribution in [0.1, 0.15) is 71.3 Å². The normalized spacial score (nSPS) is 34.1. The number of hydrogen-bond donors (Lipinski definition) is 9. The summed E-state index contributed by atoms with van der Waals surface area (Å²) in [5.41, 5.74) is -3.16. The first-order valence-corrected chi connectivity index (χ1v) is 15.7. The Hall–Kier alpha value is -3.98. The SMILES string of the molecule is C/C1=C\C(CO)[C@H](O)[C@@H](C)[C@H](O)[C@H](C)[C@H](O)[C@H](C)[C@@H](O)[C@@H](C)/C=C/C=C(/CO)C(=O)NC2=CC(=O)c3c(c(O)c(C)c(O)c3C1=O)C2=O. The minimum absolute atomic E-state index is 0.164. The van der Waals surface area contributed by atoms with Gasteiger partial charge >= 0.3 is 0 Å². The van der Waals surface area contributed by atoms with E-state index in [1.807, 2.05) is 0 Å². The highest BCUT2D eigenvalue weighted by Gasteiger charge is 2.40. The monoisotopic (exact) mass is 671 g/mol. The lowest BCUT2D eigenvalue weighted by Crippen LogP contribution is -2.46. The first-order valence-electron chi connectivity index (χ1n) is 15.7. The Balaban J connectivity index is 2.24. The van der Waals surface area contributed by atoms with Gasteiger partial charge in [-0.2, -0.15) is 0 Å².